The van der Waals surface area contributed by atoms with Crippen LogP contribution < -0.4 is 0 Å². The van der Waals surface area contributed by atoms with Gasteiger partial charge in [0.05, 0.1) is 24.3 Å². The van der Waals surface area contributed by atoms with Crippen LogP contribution in [-0.4, -0.2) is 37.4 Å². The van der Waals surface area contributed by atoms with Crippen LogP contribution in [0.15, 0.2) is 60.7 Å². The molecular formula is C19H18O5. The molecule has 1 aliphatic rings. The van der Waals surface area contributed by atoms with Gasteiger partial charge in [0.2, 0.25) is 0 Å². The quantitative estimate of drug-likeness (QED) is 0.809. The van der Waals surface area contributed by atoms with Gasteiger partial charge in [0.15, 0.2) is 6.10 Å². The number of carbonyl (C=O) groups excluding carboxylic acids is 2. The summed E-state index contributed by atoms with van der Waals surface area (Å²) in [7, 11) is 0. The average Bonchev–Trinajstić information content (AvgIpc) is 2.64. The second-order valence-corrected chi connectivity index (χ2v) is 5.48. The number of esters is 2. The van der Waals surface area contributed by atoms with Gasteiger partial charge in [-0.05, 0) is 24.3 Å². The molecule has 2 atom stereocenters. The topological polar surface area (TPSA) is 61.8 Å². The highest BCUT2D eigenvalue weighted by molar-refractivity contribution is 5.90. The SMILES string of the molecule is O=C(O[C@H]1CCOC[C@H]1OC(=O)c1ccccc1)c1ccccc1. The number of ether oxygens (including phenoxy) is 3. The number of rotatable bonds is 4. The first-order valence-corrected chi connectivity index (χ1v) is 7.84. The Bertz CT molecular complexity index is 622. The van der Waals surface area contributed by atoms with Crippen LogP contribution in [0.1, 0.15) is 27.1 Å². The van der Waals surface area contributed by atoms with Crippen molar-refractivity contribution >= 4 is 11.9 Å². The fourth-order valence-corrected chi connectivity index (χ4v) is 2.50. The molecule has 1 heterocycles. The first-order chi connectivity index (χ1) is 11.7. The molecule has 0 N–H and O–H groups in total. The Labute approximate surface area is 140 Å². The lowest BCUT2D eigenvalue weighted by Gasteiger charge is -2.30. The molecule has 0 radical (unpaired) electrons. The van der Waals surface area contributed by atoms with Crippen molar-refractivity contribution in [2.45, 2.75) is 18.6 Å². The Morgan fingerprint density at radius 2 is 1.29 bits per heavy atom. The summed E-state index contributed by atoms with van der Waals surface area (Å²) in [5.74, 6) is -0.880. The van der Waals surface area contributed by atoms with E-state index in [1.807, 2.05) is 12.1 Å². The van der Waals surface area contributed by atoms with Gasteiger partial charge in [-0.15, -0.1) is 0 Å². The molecule has 5 nitrogen and oxygen atoms in total. The van der Waals surface area contributed by atoms with Crippen molar-refractivity contribution in [2.75, 3.05) is 13.2 Å². The zero-order valence-electron chi connectivity index (χ0n) is 13.1. The van der Waals surface area contributed by atoms with Crippen LogP contribution >= 0.6 is 0 Å². The fraction of sp³-hybridized carbons (Fsp3) is 0.263. The van der Waals surface area contributed by atoms with E-state index in [0.717, 1.165) is 0 Å². The van der Waals surface area contributed by atoms with Crippen molar-refractivity contribution in [3.63, 3.8) is 0 Å². The van der Waals surface area contributed by atoms with Crippen molar-refractivity contribution in [1.29, 1.82) is 0 Å². The Balaban J connectivity index is 1.65. The monoisotopic (exact) mass is 326 g/mol. The van der Waals surface area contributed by atoms with E-state index in [1.165, 1.54) is 0 Å². The van der Waals surface area contributed by atoms with Crippen molar-refractivity contribution in [3.8, 4) is 0 Å². The van der Waals surface area contributed by atoms with Crippen LogP contribution in [0.2, 0.25) is 0 Å². The molecule has 2 aromatic carbocycles. The molecule has 24 heavy (non-hydrogen) atoms. The summed E-state index contributed by atoms with van der Waals surface area (Å²) in [6.45, 7) is 0.678. The molecule has 3 rings (SSSR count). The van der Waals surface area contributed by atoms with Gasteiger partial charge in [-0.2, -0.15) is 0 Å². The lowest BCUT2D eigenvalue weighted by Crippen LogP contribution is -2.43. The molecule has 1 aliphatic heterocycles. The normalized spacial score (nSPS) is 20.2. The van der Waals surface area contributed by atoms with Crippen molar-refractivity contribution in [1.82, 2.24) is 0 Å². The van der Waals surface area contributed by atoms with Gasteiger partial charge in [0.25, 0.3) is 0 Å². The molecule has 1 fully saturated rings. The lowest BCUT2D eigenvalue weighted by atomic mass is 10.1. The van der Waals surface area contributed by atoms with Crippen LogP contribution in [0.4, 0.5) is 0 Å². The minimum absolute atomic E-state index is 0.214. The Morgan fingerprint density at radius 1 is 0.792 bits per heavy atom. The highest BCUT2D eigenvalue weighted by Gasteiger charge is 2.32. The highest BCUT2D eigenvalue weighted by atomic mass is 16.6. The maximum absolute atomic E-state index is 12.2. The van der Waals surface area contributed by atoms with Gasteiger partial charge in [-0.1, -0.05) is 36.4 Å². The van der Waals surface area contributed by atoms with Crippen LogP contribution in [0.5, 0.6) is 0 Å². The van der Waals surface area contributed by atoms with Crippen molar-refractivity contribution < 1.29 is 23.8 Å². The molecule has 0 unspecified atom stereocenters. The molecular weight excluding hydrogens is 308 g/mol. The lowest BCUT2D eigenvalue weighted by molar-refractivity contribution is -0.101. The summed E-state index contributed by atoms with van der Waals surface area (Å²) in [5.41, 5.74) is 0.924. The summed E-state index contributed by atoms with van der Waals surface area (Å²) in [6.07, 6.45) is -0.635. The first kappa shape index (κ1) is 16.2. The third-order valence-electron chi connectivity index (χ3n) is 3.78. The molecule has 2 aromatic rings. The van der Waals surface area contributed by atoms with Crippen molar-refractivity contribution in [3.05, 3.63) is 71.8 Å². The minimum Gasteiger partial charge on any atom is -0.455 e. The number of hydrogen-bond donors (Lipinski definition) is 0. The minimum atomic E-state index is -0.612. The first-order valence-electron chi connectivity index (χ1n) is 7.84. The van der Waals surface area contributed by atoms with E-state index >= 15 is 0 Å². The van der Waals surface area contributed by atoms with Crippen molar-refractivity contribution in [2.24, 2.45) is 0 Å². The highest BCUT2D eigenvalue weighted by Crippen LogP contribution is 2.18. The maximum Gasteiger partial charge on any atom is 0.338 e. The smallest absolute Gasteiger partial charge is 0.338 e. The van der Waals surface area contributed by atoms with E-state index in [9.17, 15) is 9.59 Å². The van der Waals surface area contributed by atoms with Gasteiger partial charge in [0, 0.05) is 6.42 Å². The number of benzene rings is 2. The predicted octanol–water partition coefficient (Wildman–Crippen LogP) is 2.86. The van der Waals surface area contributed by atoms with Gasteiger partial charge in [-0.25, -0.2) is 9.59 Å². The van der Waals surface area contributed by atoms with Crippen LogP contribution in [0.3, 0.4) is 0 Å². The molecule has 0 spiro atoms. The van der Waals surface area contributed by atoms with E-state index < -0.39 is 24.1 Å². The number of carbonyl (C=O) groups is 2. The molecule has 124 valence electrons. The summed E-state index contributed by atoms with van der Waals surface area (Å²) in [5, 5.41) is 0. The van der Waals surface area contributed by atoms with Crippen LogP contribution in [0.25, 0.3) is 0 Å². The molecule has 1 saturated heterocycles. The molecule has 5 heteroatoms. The largest absolute Gasteiger partial charge is 0.455 e. The Kier molecular flexibility index (Phi) is 5.23. The molecule has 0 saturated carbocycles. The summed E-state index contributed by atoms with van der Waals surface area (Å²) >= 11 is 0. The zero-order valence-corrected chi connectivity index (χ0v) is 13.1. The molecule has 0 bridgehead atoms. The third kappa shape index (κ3) is 4.00. The van der Waals surface area contributed by atoms with E-state index in [0.29, 0.717) is 24.2 Å². The van der Waals surface area contributed by atoms with Crippen LogP contribution in [-0.2, 0) is 14.2 Å². The van der Waals surface area contributed by atoms with Gasteiger partial charge < -0.3 is 14.2 Å². The molecule has 0 aromatic heterocycles. The summed E-state index contributed by atoms with van der Waals surface area (Å²) in [4.78, 5) is 24.4. The third-order valence-corrected chi connectivity index (χ3v) is 3.78. The van der Waals surface area contributed by atoms with E-state index in [1.54, 1.807) is 48.5 Å². The van der Waals surface area contributed by atoms with Gasteiger partial charge >= 0.3 is 11.9 Å². The van der Waals surface area contributed by atoms with E-state index in [2.05, 4.69) is 0 Å². The fourth-order valence-electron chi connectivity index (χ4n) is 2.50. The van der Waals surface area contributed by atoms with Crippen LogP contribution in [0, 0.1) is 0 Å². The second kappa shape index (κ2) is 7.75. The maximum atomic E-state index is 12.2. The zero-order chi connectivity index (χ0) is 16.8. The van der Waals surface area contributed by atoms with E-state index in [4.69, 9.17) is 14.2 Å². The summed E-state index contributed by atoms with van der Waals surface area (Å²) in [6, 6.07) is 17.5. The van der Waals surface area contributed by atoms with Gasteiger partial charge in [-0.3, -0.25) is 0 Å². The molecule has 0 amide bonds. The summed E-state index contributed by atoms with van der Waals surface area (Å²) < 4.78 is 16.4. The van der Waals surface area contributed by atoms with Gasteiger partial charge in [0.1, 0.15) is 6.10 Å². The standard InChI is InChI=1S/C19H18O5/c20-18(14-7-3-1-4-8-14)23-16-11-12-22-13-17(16)24-19(21)15-9-5-2-6-10-15/h1-10,16-17H,11-13H2/t16-,17+/m0/s1. The average molecular weight is 326 g/mol. The Morgan fingerprint density at radius 3 is 1.83 bits per heavy atom. The Hall–Kier alpha value is -2.66. The predicted molar refractivity (Wildman–Crippen MR) is 86.7 cm³/mol. The molecule has 0 aliphatic carbocycles. The number of hydrogen-bond acceptors (Lipinski definition) is 5. The second-order valence-electron chi connectivity index (χ2n) is 5.48. The van der Waals surface area contributed by atoms with E-state index in [-0.39, 0.29) is 6.61 Å².